The number of aromatic hydroxyl groups is 1. The summed E-state index contributed by atoms with van der Waals surface area (Å²) in [5.74, 6) is 0.497. The van der Waals surface area contributed by atoms with Gasteiger partial charge in [-0.25, -0.2) is 9.97 Å². The van der Waals surface area contributed by atoms with Crippen LogP contribution in [0.2, 0.25) is 0 Å². The lowest BCUT2D eigenvalue weighted by atomic mass is 9.94. The van der Waals surface area contributed by atoms with E-state index in [1.54, 1.807) is 31.4 Å². The van der Waals surface area contributed by atoms with Crippen LogP contribution in [-0.4, -0.2) is 35.3 Å². The number of benzene rings is 2. The first-order valence-corrected chi connectivity index (χ1v) is 8.49. The van der Waals surface area contributed by atoms with Gasteiger partial charge in [-0.15, -0.1) is 0 Å². The van der Waals surface area contributed by atoms with Crippen LogP contribution in [0.3, 0.4) is 0 Å². The van der Waals surface area contributed by atoms with Crippen LogP contribution in [0.4, 0.5) is 17.2 Å². The molecule has 3 rings (SSSR count). The molecule has 0 aliphatic carbocycles. The first kappa shape index (κ1) is 19.0. The predicted molar refractivity (Wildman–Crippen MR) is 105 cm³/mol. The number of rotatable bonds is 8. The Kier molecular flexibility index (Phi) is 5.91. The number of nitrogens with zero attached hydrogens (tertiary/aromatic N) is 2. The summed E-state index contributed by atoms with van der Waals surface area (Å²) in [5, 5.41) is 13.4. The Bertz CT molecular complexity index is 964. The molecule has 1 atom stereocenters. The van der Waals surface area contributed by atoms with Gasteiger partial charge in [-0.1, -0.05) is 30.3 Å². The Morgan fingerprint density at radius 1 is 1.18 bits per heavy atom. The Morgan fingerprint density at radius 2 is 1.93 bits per heavy atom. The van der Waals surface area contributed by atoms with Crippen molar-refractivity contribution in [3.05, 3.63) is 66.1 Å². The molecule has 2 aromatic carbocycles. The van der Waals surface area contributed by atoms with Crippen molar-refractivity contribution in [2.24, 2.45) is 0 Å². The lowest BCUT2D eigenvalue weighted by molar-refractivity contribution is -0.128. The minimum Gasteiger partial charge on any atom is -0.508 e. The highest BCUT2D eigenvalue weighted by molar-refractivity contribution is 5.74. The van der Waals surface area contributed by atoms with Gasteiger partial charge in [0.15, 0.2) is 5.82 Å². The average Bonchev–Trinajstić information content (AvgIpc) is 2.72. The smallest absolute Gasteiger partial charge is 0.293 e. The summed E-state index contributed by atoms with van der Waals surface area (Å²) in [6, 6.07) is 14.1. The number of aromatic nitrogens is 2. The Morgan fingerprint density at radius 3 is 2.68 bits per heavy atom. The van der Waals surface area contributed by atoms with E-state index in [1.165, 1.54) is 6.33 Å². The fraction of sp³-hybridized carbons (Fsp3) is 0.150. The molecule has 1 heterocycles. The van der Waals surface area contributed by atoms with Crippen LogP contribution in [0.1, 0.15) is 17.2 Å². The molecule has 0 radical (unpaired) electrons. The Labute approximate surface area is 162 Å². The zero-order valence-corrected chi connectivity index (χ0v) is 15.2. The van der Waals surface area contributed by atoms with Gasteiger partial charge in [0.1, 0.15) is 24.4 Å². The monoisotopic (exact) mass is 380 g/mol. The molecule has 0 aliphatic rings. The van der Waals surface area contributed by atoms with Crippen LogP contribution in [0.15, 0.2) is 54.9 Å². The maximum absolute atomic E-state index is 10.7. The number of phenolic OH excluding ortho intramolecular Hbond substituents is 1. The SMILES string of the molecule is COc1ccccc1Nc1ncnc(C(COC=O)c2ccccc2O)c1N. The minimum atomic E-state index is -0.562. The number of nitrogen functional groups attached to an aromatic ring is 1. The number of phenols is 1. The summed E-state index contributed by atoms with van der Waals surface area (Å²) in [6.45, 7) is 0.314. The third kappa shape index (κ3) is 3.96. The van der Waals surface area contributed by atoms with E-state index in [0.717, 1.165) is 0 Å². The number of anilines is 3. The first-order valence-electron chi connectivity index (χ1n) is 8.49. The molecule has 144 valence electrons. The molecule has 28 heavy (non-hydrogen) atoms. The van der Waals surface area contributed by atoms with Gasteiger partial charge in [0, 0.05) is 5.56 Å². The second-order valence-electron chi connectivity index (χ2n) is 5.89. The number of methoxy groups -OCH3 is 1. The molecule has 0 amide bonds. The van der Waals surface area contributed by atoms with Gasteiger partial charge in [-0.05, 0) is 18.2 Å². The van der Waals surface area contributed by atoms with Crippen molar-refractivity contribution >= 4 is 23.7 Å². The highest BCUT2D eigenvalue weighted by Gasteiger charge is 2.24. The fourth-order valence-corrected chi connectivity index (χ4v) is 2.90. The van der Waals surface area contributed by atoms with Crippen LogP contribution in [0.5, 0.6) is 11.5 Å². The lowest BCUT2D eigenvalue weighted by Gasteiger charge is -2.20. The van der Waals surface area contributed by atoms with E-state index in [4.69, 9.17) is 15.2 Å². The van der Waals surface area contributed by atoms with Crippen LogP contribution >= 0.6 is 0 Å². The summed E-state index contributed by atoms with van der Waals surface area (Å²) < 4.78 is 10.3. The van der Waals surface area contributed by atoms with Gasteiger partial charge >= 0.3 is 0 Å². The molecule has 0 aliphatic heterocycles. The van der Waals surface area contributed by atoms with Crippen molar-refractivity contribution in [2.45, 2.75) is 5.92 Å². The first-order chi connectivity index (χ1) is 13.7. The van der Waals surface area contributed by atoms with Crippen molar-refractivity contribution in [3.63, 3.8) is 0 Å². The summed E-state index contributed by atoms with van der Waals surface area (Å²) in [5.41, 5.74) is 8.25. The van der Waals surface area contributed by atoms with Crippen LogP contribution in [0, 0.1) is 0 Å². The highest BCUT2D eigenvalue weighted by atomic mass is 16.5. The molecule has 4 N–H and O–H groups in total. The van der Waals surface area contributed by atoms with Crippen molar-refractivity contribution in [2.75, 3.05) is 24.8 Å². The van der Waals surface area contributed by atoms with Gasteiger partial charge < -0.3 is 25.6 Å². The topological polar surface area (TPSA) is 120 Å². The van der Waals surface area contributed by atoms with Gasteiger partial charge in [-0.2, -0.15) is 0 Å². The quantitative estimate of drug-likeness (QED) is 0.510. The molecule has 0 saturated carbocycles. The highest BCUT2D eigenvalue weighted by Crippen LogP contribution is 2.36. The molecular formula is C20H20N4O4. The van der Waals surface area contributed by atoms with E-state index in [1.807, 2.05) is 24.3 Å². The van der Waals surface area contributed by atoms with Gasteiger partial charge in [0.2, 0.25) is 0 Å². The Balaban J connectivity index is 2.02. The number of hydrogen-bond donors (Lipinski definition) is 3. The molecule has 3 aromatic rings. The molecule has 0 bridgehead atoms. The maximum atomic E-state index is 10.7. The molecule has 1 unspecified atom stereocenters. The number of hydrogen-bond acceptors (Lipinski definition) is 8. The summed E-state index contributed by atoms with van der Waals surface area (Å²) >= 11 is 0. The largest absolute Gasteiger partial charge is 0.508 e. The molecule has 8 nitrogen and oxygen atoms in total. The van der Waals surface area contributed by atoms with E-state index in [0.29, 0.717) is 35.0 Å². The van der Waals surface area contributed by atoms with E-state index in [2.05, 4.69) is 15.3 Å². The molecule has 8 heteroatoms. The maximum Gasteiger partial charge on any atom is 0.293 e. The molecule has 0 fully saturated rings. The summed E-state index contributed by atoms with van der Waals surface area (Å²) in [7, 11) is 1.57. The fourth-order valence-electron chi connectivity index (χ4n) is 2.90. The third-order valence-electron chi connectivity index (χ3n) is 4.25. The lowest BCUT2D eigenvalue weighted by Crippen LogP contribution is -2.15. The summed E-state index contributed by atoms with van der Waals surface area (Å²) in [6.07, 6.45) is 1.36. The number of carbonyl (C=O) groups excluding carboxylic acids is 1. The molecule has 0 spiro atoms. The third-order valence-corrected chi connectivity index (χ3v) is 4.25. The number of ether oxygens (including phenoxy) is 2. The van der Waals surface area contributed by atoms with E-state index < -0.39 is 5.92 Å². The van der Waals surface area contributed by atoms with Crippen LogP contribution < -0.4 is 15.8 Å². The number of nitrogens with two attached hydrogens (primary N) is 1. The number of para-hydroxylation sites is 3. The van der Waals surface area contributed by atoms with Gasteiger partial charge in [0.05, 0.1) is 30.1 Å². The zero-order chi connectivity index (χ0) is 19.9. The van der Waals surface area contributed by atoms with Crippen molar-refractivity contribution < 1.29 is 19.4 Å². The van der Waals surface area contributed by atoms with Crippen LogP contribution in [-0.2, 0) is 9.53 Å². The molecular weight excluding hydrogens is 360 g/mol. The van der Waals surface area contributed by atoms with Gasteiger partial charge in [0.25, 0.3) is 6.47 Å². The van der Waals surface area contributed by atoms with E-state index in [-0.39, 0.29) is 18.0 Å². The normalized spacial score (nSPS) is 11.5. The zero-order valence-electron chi connectivity index (χ0n) is 15.2. The molecule has 1 aromatic heterocycles. The minimum absolute atomic E-state index is 0.0314. The molecule has 0 saturated heterocycles. The Hall–Kier alpha value is -3.81. The second kappa shape index (κ2) is 8.72. The van der Waals surface area contributed by atoms with Crippen molar-refractivity contribution in [3.8, 4) is 11.5 Å². The van der Waals surface area contributed by atoms with E-state index in [9.17, 15) is 9.90 Å². The summed E-state index contributed by atoms with van der Waals surface area (Å²) in [4.78, 5) is 19.2. The van der Waals surface area contributed by atoms with Crippen molar-refractivity contribution in [1.82, 2.24) is 9.97 Å². The van der Waals surface area contributed by atoms with Crippen molar-refractivity contribution in [1.29, 1.82) is 0 Å². The average molecular weight is 380 g/mol. The van der Waals surface area contributed by atoms with Crippen LogP contribution in [0.25, 0.3) is 0 Å². The van der Waals surface area contributed by atoms with E-state index >= 15 is 0 Å². The number of carbonyl (C=O) groups is 1. The number of nitrogens with one attached hydrogen (secondary N) is 1. The second-order valence-corrected chi connectivity index (χ2v) is 5.89. The van der Waals surface area contributed by atoms with Gasteiger partial charge in [-0.3, -0.25) is 4.79 Å². The predicted octanol–water partition coefficient (Wildman–Crippen LogP) is 2.82. The standard InChI is InChI=1S/C20H20N4O4/c1-27-17-9-5-3-7-15(17)24-20-18(21)19(22-11-23-20)14(10-28-12-25)13-6-2-4-8-16(13)26/h2-9,11-12,14,26H,10,21H2,1H3,(H,22,23,24).